The highest BCUT2D eigenvalue weighted by Gasteiger charge is 2.15. The van der Waals surface area contributed by atoms with Crippen LogP contribution in [0.1, 0.15) is 30.1 Å². The quantitative estimate of drug-likeness (QED) is 0.822. The number of rotatable bonds is 5. The number of carbonyl (C=O) groups excluding carboxylic acids is 1. The van der Waals surface area contributed by atoms with Crippen molar-refractivity contribution in [3.05, 3.63) is 33.8 Å². The van der Waals surface area contributed by atoms with Gasteiger partial charge in [-0.05, 0) is 24.6 Å². The van der Waals surface area contributed by atoms with E-state index >= 15 is 0 Å². The highest BCUT2D eigenvalue weighted by atomic mass is 35.5. The average Bonchev–Trinajstić information content (AvgIpc) is 2.31. The standard InChI is InChI=1S/C12H14Cl2N2OS/c1-2-3-10(11(15)18)16-12(17)7-4-5-8(13)9(14)6-7/h4-6,10H,2-3H2,1H3,(H2,15,18)(H,16,17). The number of hydrogen-bond donors (Lipinski definition) is 2. The average molecular weight is 305 g/mol. The van der Waals surface area contributed by atoms with Crippen molar-refractivity contribution < 1.29 is 4.79 Å². The Balaban J connectivity index is 2.80. The number of amides is 1. The summed E-state index contributed by atoms with van der Waals surface area (Å²) in [6.45, 7) is 2.00. The summed E-state index contributed by atoms with van der Waals surface area (Å²) in [7, 11) is 0. The minimum Gasteiger partial charge on any atom is -0.392 e. The molecule has 3 N–H and O–H groups in total. The number of hydrogen-bond acceptors (Lipinski definition) is 2. The fourth-order valence-electron chi connectivity index (χ4n) is 1.45. The van der Waals surface area contributed by atoms with E-state index in [2.05, 4.69) is 5.32 Å². The molecule has 0 saturated heterocycles. The second-order valence-electron chi connectivity index (χ2n) is 3.85. The summed E-state index contributed by atoms with van der Waals surface area (Å²) in [6, 6.07) is 4.40. The summed E-state index contributed by atoms with van der Waals surface area (Å²) >= 11 is 16.6. The van der Waals surface area contributed by atoms with Crippen molar-refractivity contribution in [1.82, 2.24) is 5.32 Å². The lowest BCUT2D eigenvalue weighted by Crippen LogP contribution is -2.43. The second kappa shape index (κ2) is 6.92. The van der Waals surface area contributed by atoms with Gasteiger partial charge in [0.15, 0.2) is 0 Å². The van der Waals surface area contributed by atoms with E-state index in [9.17, 15) is 4.79 Å². The van der Waals surface area contributed by atoms with Crippen LogP contribution in [0.3, 0.4) is 0 Å². The summed E-state index contributed by atoms with van der Waals surface area (Å²) in [5.41, 5.74) is 6.00. The molecule has 1 amide bonds. The van der Waals surface area contributed by atoms with Gasteiger partial charge < -0.3 is 11.1 Å². The number of carbonyl (C=O) groups is 1. The molecule has 0 heterocycles. The fraction of sp³-hybridized carbons (Fsp3) is 0.333. The van der Waals surface area contributed by atoms with Crippen LogP contribution in [0.2, 0.25) is 10.0 Å². The third-order valence-corrected chi connectivity index (χ3v) is 3.43. The Bertz CT molecular complexity index is 465. The first-order valence-corrected chi connectivity index (χ1v) is 6.67. The highest BCUT2D eigenvalue weighted by Crippen LogP contribution is 2.22. The lowest BCUT2D eigenvalue weighted by Gasteiger charge is -2.16. The molecule has 0 fully saturated rings. The largest absolute Gasteiger partial charge is 0.392 e. The van der Waals surface area contributed by atoms with Crippen LogP contribution in [0.4, 0.5) is 0 Å². The van der Waals surface area contributed by atoms with E-state index in [0.29, 0.717) is 22.0 Å². The van der Waals surface area contributed by atoms with Crippen LogP contribution in [0.5, 0.6) is 0 Å². The lowest BCUT2D eigenvalue weighted by atomic mass is 10.1. The van der Waals surface area contributed by atoms with Gasteiger partial charge in [-0.2, -0.15) is 0 Å². The Morgan fingerprint density at radius 3 is 2.61 bits per heavy atom. The summed E-state index contributed by atoms with van der Waals surface area (Å²) in [6.07, 6.45) is 1.59. The van der Waals surface area contributed by atoms with Gasteiger partial charge in [0.05, 0.1) is 21.1 Å². The minimum absolute atomic E-state index is 0.264. The van der Waals surface area contributed by atoms with Crippen molar-refractivity contribution in [3.63, 3.8) is 0 Å². The molecule has 18 heavy (non-hydrogen) atoms. The molecule has 1 rings (SSSR count). The van der Waals surface area contributed by atoms with E-state index in [1.807, 2.05) is 6.92 Å². The van der Waals surface area contributed by atoms with Crippen molar-refractivity contribution in [2.24, 2.45) is 5.73 Å². The Morgan fingerprint density at radius 2 is 2.11 bits per heavy atom. The predicted octanol–water partition coefficient (Wildman–Crippen LogP) is 3.18. The van der Waals surface area contributed by atoms with E-state index in [0.717, 1.165) is 6.42 Å². The smallest absolute Gasteiger partial charge is 0.251 e. The van der Waals surface area contributed by atoms with Crippen molar-refractivity contribution >= 4 is 46.3 Å². The zero-order valence-corrected chi connectivity index (χ0v) is 12.2. The van der Waals surface area contributed by atoms with Gasteiger partial charge in [-0.15, -0.1) is 0 Å². The van der Waals surface area contributed by atoms with Crippen LogP contribution in [0, 0.1) is 0 Å². The number of nitrogens with two attached hydrogens (primary N) is 1. The lowest BCUT2D eigenvalue weighted by molar-refractivity contribution is 0.0945. The van der Waals surface area contributed by atoms with Crippen LogP contribution in [0.25, 0.3) is 0 Å². The molecule has 0 radical (unpaired) electrons. The predicted molar refractivity (Wildman–Crippen MR) is 79.4 cm³/mol. The van der Waals surface area contributed by atoms with Gasteiger partial charge in [-0.1, -0.05) is 48.8 Å². The molecule has 1 unspecified atom stereocenters. The first-order chi connectivity index (χ1) is 8.45. The topological polar surface area (TPSA) is 55.1 Å². The zero-order chi connectivity index (χ0) is 13.7. The van der Waals surface area contributed by atoms with Crippen molar-refractivity contribution in [1.29, 1.82) is 0 Å². The molecule has 6 heteroatoms. The van der Waals surface area contributed by atoms with Gasteiger partial charge in [0.2, 0.25) is 0 Å². The Hall–Kier alpha value is -0.840. The maximum Gasteiger partial charge on any atom is 0.251 e. The molecule has 3 nitrogen and oxygen atoms in total. The molecule has 0 aliphatic rings. The fourth-order valence-corrected chi connectivity index (χ4v) is 1.93. The van der Waals surface area contributed by atoms with E-state index in [-0.39, 0.29) is 16.9 Å². The molecule has 0 aliphatic heterocycles. The molecular weight excluding hydrogens is 291 g/mol. The number of thiocarbonyl (C=S) groups is 1. The summed E-state index contributed by atoms with van der Waals surface area (Å²) < 4.78 is 0. The second-order valence-corrected chi connectivity index (χ2v) is 5.13. The Morgan fingerprint density at radius 1 is 1.44 bits per heavy atom. The van der Waals surface area contributed by atoms with Gasteiger partial charge in [0.25, 0.3) is 5.91 Å². The molecule has 1 aromatic carbocycles. The molecule has 0 aromatic heterocycles. The Labute approximate surface area is 122 Å². The Kier molecular flexibility index (Phi) is 5.85. The molecule has 0 bridgehead atoms. The summed E-state index contributed by atoms with van der Waals surface area (Å²) in [5.74, 6) is -0.264. The van der Waals surface area contributed by atoms with Crippen molar-refractivity contribution in [2.45, 2.75) is 25.8 Å². The van der Waals surface area contributed by atoms with Gasteiger partial charge >= 0.3 is 0 Å². The van der Waals surface area contributed by atoms with Crippen LogP contribution >= 0.6 is 35.4 Å². The van der Waals surface area contributed by atoms with Gasteiger partial charge in [-0.25, -0.2) is 0 Å². The SMILES string of the molecule is CCCC(NC(=O)c1ccc(Cl)c(Cl)c1)C(N)=S. The van der Waals surface area contributed by atoms with Crippen LogP contribution in [-0.4, -0.2) is 16.9 Å². The third kappa shape index (κ3) is 4.12. The van der Waals surface area contributed by atoms with Crippen molar-refractivity contribution in [3.8, 4) is 0 Å². The maximum absolute atomic E-state index is 12.0. The van der Waals surface area contributed by atoms with Crippen LogP contribution in [-0.2, 0) is 0 Å². The monoisotopic (exact) mass is 304 g/mol. The first-order valence-electron chi connectivity index (χ1n) is 5.51. The molecule has 1 aromatic rings. The number of benzene rings is 1. The third-order valence-electron chi connectivity index (χ3n) is 2.41. The summed E-state index contributed by atoms with van der Waals surface area (Å²) in [4.78, 5) is 12.3. The van der Waals surface area contributed by atoms with Gasteiger partial charge in [0, 0.05) is 5.56 Å². The van der Waals surface area contributed by atoms with Crippen molar-refractivity contribution in [2.75, 3.05) is 0 Å². The summed E-state index contributed by atoms with van der Waals surface area (Å²) in [5, 5.41) is 3.52. The zero-order valence-electron chi connectivity index (χ0n) is 9.87. The van der Waals surface area contributed by atoms with E-state index in [1.165, 1.54) is 6.07 Å². The molecule has 0 aliphatic carbocycles. The minimum atomic E-state index is -0.299. The molecular formula is C12H14Cl2N2OS. The van der Waals surface area contributed by atoms with Gasteiger partial charge in [-0.3, -0.25) is 4.79 Å². The van der Waals surface area contributed by atoms with E-state index < -0.39 is 0 Å². The molecule has 0 saturated carbocycles. The number of halogens is 2. The maximum atomic E-state index is 12.0. The highest BCUT2D eigenvalue weighted by molar-refractivity contribution is 7.80. The van der Waals surface area contributed by atoms with Crippen LogP contribution in [0.15, 0.2) is 18.2 Å². The molecule has 1 atom stereocenters. The van der Waals surface area contributed by atoms with E-state index in [1.54, 1.807) is 12.1 Å². The van der Waals surface area contributed by atoms with E-state index in [4.69, 9.17) is 41.2 Å². The molecule has 98 valence electrons. The first kappa shape index (κ1) is 15.2. The molecule has 0 spiro atoms. The normalized spacial score (nSPS) is 11.9. The van der Waals surface area contributed by atoms with Crippen LogP contribution < -0.4 is 11.1 Å². The number of nitrogens with one attached hydrogen (secondary N) is 1. The van der Waals surface area contributed by atoms with Gasteiger partial charge in [0.1, 0.15) is 0 Å².